The predicted octanol–water partition coefficient (Wildman–Crippen LogP) is 2.51. The van der Waals surface area contributed by atoms with Crippen molar-refractivity contribution >= 4 is 9.52 Å². The van der Waals surface area contributed by atoms with Crippen molar-refractivity contribution in [3.63, 3.8) is 0 Å². The maximum absolute atomic E-state index is 5.48. The molecule has 0 aliphatic rings. The molecule has 0 saturated heterocycles. The van der Waals surface area contributed by atoms with Gasteiger partial charge in [-0.05, 0) is 6.42 Å². The molecule has 0 saturated carbocycles. The molecule has 3 heteroatoms. The van der Waals surface area contributed by atoms with Crippen LogP contribution >= 0.6 is 0 Å². The SMILES string of the molecule is CCCCCC[SiH2]C(CC)(OC)OC. The van der Waals surface area contributed by atoms with Gasteiger partial charge >= 0.3 is 0 Å². The Hall–Kier alpha value is 0.137. The Morgan fingerprint density at radius 3 is 2.07 bits per heavy atom. The van der Waals surface area contributed by atoms with Crippen LogP contribution in [0.4, 0.5) is 0 Å². The fourth-order valence-corrected chi connectivity index (χ4v) is 3.65. The van der Waals surface area contributed by atoms with E-state index in [1.165, 1.54) is 31.7 Å². The molecule has 0 aliphatic carbocycles. The second-order valence-electron chi connectivity index (χ2n) is 3.84. The molecule has 0 spiro atoms. The molecule has 0 heterocycles. The third-order valence-electron chi connectivity index (χ3n) is 2.94. The molecule has 0 rings (SSSR count). The Morgan fingerprint density at radius 1 is 1.00 bits per heavy atom. The second-order valence-corrected chi connectivity index (χ2v) is 6.12. The smallest absolute Gasteiger partial charge is 0.143 e. The summed E-state index contributed by atoms with van der Waals surface area (Å²) in [5.41, 5.74) is -0.188. The Kier molecular flexibility index (Phi) is 8.53. The summed E-state index contributed by atoms with van der Waals surface area (Å²) in [5, 5.41) is 0. The van der Waals surface area contributed by atoms with Gasteiger partial charge in [0.1, 0.15) is 5.41 Å². The van der Waals surface area contributed by atoms with E-state index in [0.717, 1.165) is 6.42 Å². The summed E-state index contributed by atoms with van der Waals surface area (Å²) in [4.78, 5) is 0. The van der Waals surface area contributed by atoms with Gasteiger partial charge in [-0.2, -0.15) is 0 Å². The summed E-state index contributed by atoms with van der Waals surface area (Å²) in [7, 11) is 3.29. The van der Waals surface area contributed by atoms with Crippen molar-refractivity contribution in [2.24, 2.45) is 0 Å². The number of ether oxygens (including phenoxy) is 2. The van der Waals surface area contributed by atoms with Gasteiger partial charge in [0.25, 0.3) is 0 Å². The zero-order valence-electron chi connectivity index (χ0n) is 10.3. The van der Waals surface area contributed by atoms with E-state index in [2.05, 4.69) is 13.8 Å². The van der Waals surface area contributed by atoms with Gasteiger partial charge in [-0.25, -0.2) is 0 Å². The van der Waals surface area contributed by atoms with Crippen LogP contribution in [0, 0.1) is 0 Å². The second kappa shape index (κ2) is 8.45. The van der Waals surface area contributed by atoms with Crippen molar-refractivity contribution in [1.82, 2.24) is 0 Å². The topological polar surface area (TPSA) is 18.5 Å². The molecule has 0 fully saturated rings. The summed E-state index contributed by atoms with van der Waals surface area (Å²) >= 11 is 0. The van der Waals surface area contributed by atoms with Crippen LogP contribution in [-0.2, 0) is 9.47 Å². The Bertz CT molecular complexity index is 116. The predicted molar refractivity (Wildman–Crippen MR) is 64.5 cm³/mol. The maximum atomic E-state index is 5.48. The maximum Gasteiger partial charge on any atom is 0.143 e. The lowest BCUT2D eigenvalue weighted by Crippen LogP contribution is -2.39. The van der Waals surface area contributed by atoms with Gasteiger partial charge in [0.2, 0.25) is 0 Å². The molecule has 2 nitrogen and oxygen atoms in total. The van der Waals surface area contributed by atoms with Gasteiger partial charge in [0.15, 0.2) is 0 Å². The van der Waals surface area contributed by atoms with E-state index >= 15 is 0 Å². The average molecular weight is 218 g/mol. The number of methoxy groups -OCH3 is 2. The number of rotatable bonds is 9. The number of unbranched alkanes of at least 4 members (excludes halogenated alkanes) is 3. The minimum Gasteiger partial charge on any atom is -0.358 e. The number of hydrogen-bond acceptors (Lipinski definition) is 2. The first kappa shape index (κ1) is 14.1. The third kappa shape index (κ3) is 5.13. The van der Waals surface area contributed by atoms with Crippen LogP contribution in [0.5, 0.6) is 0 Å². The lowest BCUT2D eigenvalue weighted by atomic mass is 10.2. The lowest BCUT2D eigenvalue weighted by Gasteiger charge is -2.29. The number of hydrogen-bond donors (Lipinski definition) is 0. The van der Waals surface area contributed by atoms with Crippen LogP contribution in [0.3, 0.4) is 0 Å². The molecule has 0 aromatic heterocycles. The van der Waals surface area contributed by atoms with Crippen LogP contribution < -0.4 is 0 Å². The Morgan fingerprint density at radius 2 is 1.64 bits per heavy atom. The van der Waals surface area contributed by atoms with Gasteiger partial charge in [-0.15, -0.1) is 0 Å². The quantitative estimate of drug-likeness (QED) is 0.336. The van der Waals surface area contributed by atoms with E-state index < -0.39 is 0 Å². The molecule has 86 valence electrons. The highest BCUT2D eigenvalue weighted by atomic mass is 28.2. The average Bonchev–Trinajstić information content (AvgIpc) is 2.24. The van der Waals surface area contributed by atoms with Crippen LogP contribution in [0.25, 0.3) is 0 Å². The molecular formula is C11H26O2Si. The van der Waals surface area contributed by atoms with Crippen molar-refractivity contribution in [2.75, 3.05) is 14.2 Å². The highest BCUT2D eigenvalue weighted by molar-refractivity contribution is 6.38. The minimum absolute atomic E-state index is 0.188. The van der Waals surface area contributed by atoms with Crippen LogP contribution in [0.2, 0.25) is 6.04 Å². The summed E-state index contributed by atoms with van der Waals surface area (Å²) < 4.78 is 11.0. The lowest BCUT2D eigenvalue weighted by molar-refractivity contribution is -0.146. The van der Waals surface area contributed by atoms with E-state index in [0.29, 0.717) is 0 Å². The highest BCUT2D eigenvalue weighted by Gasteiger charge is 2.26. The van der Waals surface area contributed by atoms with Gasteiger partial charge < -0.3 is 9.47 Å². The molecule has 0 radical (unpaired) electrons. The summed E-state index contributed by atoms with van der Waals surface area (Å²) in [6, 6.07) is 1.34. The molecule has 0 unspecified atom stereocenters. The van der Waals surface area contributed by atoms with Crippen molar-refractivity contribution in [3.05, 3.63) is 0 Å². The first-order valence-electron chi connectivity index (χ1n) is 5.85. The molecule has 0 aromatic rings. The standard InChI is InChI=1S/C11H26O2Si/c1-5-7-8-9-10-14-11(6-2,12-3)13-4/h5-10,14H2,1-4H3. The van der Waals surface area contributed by atoms with E-state index in [4.69, 9.17) is 9.47 Å². The minimum atomic E-state index is -0.254. The fraction of sp³-hybridized carbons (Fsp3) is 1.00. The first-order chi connectivity index (χ1) is 6.74. The van der Waals surface area contributed by atoms with Gasteiger partial charge in [0.05, 0.1) is 9.52 Å². The van der Waals surface area contributed by atoms with Crippen LogP contribution in [-0.4, -0.2) is 29.1 Å². The molecule has 0 aromatic carbocycles. The first-order valence-corrected chi connectivity index (χ1v) is 7.55. The van der Waals surface area contributed by atoms with E-state index in [1.807, 2.05) is 0 Å². The van der Waals surface area contributed by atoms with Gasteiger partial charge in [0, 0.05) is 14.2 Å². The molecule has 0 amide bonds. The highest BCUT2D eigenvalue weighted by Crippen LogP contribution is 2.17. The summed E-state index contributed by atoms with van der Waals surface area (Å²) in [6.45, 7) is 4.39. The molecule has 14 heavy (non-hydrogen) atoms. The summed E-state index contributed by atoms with van der Waals surface area (Å²) in [6.07, 6.45) is 6.40. The fourth-order valence-electron chi connectivity index (χ4n) is 1.75. The third-order valence-corrected chi connectivity index (χ3v) is 5.64. The summed E-state index contributed by atoms with van der Waals surface area (Å²) in [5.74, 6) is 0. The monoisotopic (exact) mass is 218 g/mol. The molecule has 0 aliphatic heterocycles. The zero-order chi connectivity index (χ0) is 10.9. The van der Waals surface area contributed by atoms with Crippen molar-refractivity contribution in [2.45, 2.75) is 57.4 Å². The Labute approximate surface area is 91.2 Å². The normalized spacial score (nSPS) is 12.9. The largest absolute Gasteiger partial charge is 0.358 e. The van der Waals surface area contributed by atoms with Crippen molar-refractivity contribution < 1.29 is 9.47 Å². The van der Waals surface area contributed by atoms with Crippen LogP contribution in [0.15, 0.2) is 0 Å². The van der Waals surface area contributed by atoms with E-state index in [-0.39, 0.29) is 14.9 Å². The van der Waals surface area contributed by atoms with Crippen molar-refractivity contribution in [3.8, 4) is 0 Å². The van der Waals surface area contributed by atoms with Crippen molar-refractivity contribution in [1.29, 1.82) is 0 Å². The van der Waals surface area contributed by atoms with Crippen LogP contribution in [0.1, 0.15) is 46.0 Å². The van der Waals surface area contributed by atoms with Gasteiger partial charge in [-0.3, -0.25) is 0 Å². The zero-order valence-corrected chi connectivity index (χ0v) is 11.7. The molecule has 0 N–H and O–H groups in total. The molecular weight excluding hydrogens is 192 g/mol. The van der Waals surface area contributed by atoms with E-state index in [9.17, 15) is 0 Å². The Balaban J connectivity index is 3.61. The van der Waals surface area contributed by atoms with Gasteiger partial charge in [-0.1, -0.05) is 45.6 Å². The molecule has 0 bridgehead atoms. The molecule has 0 atom stereocenters. The van der Waals surface area contributed by atoms with E-state index in [1.54, 1.807) is 14.2 Å².